The number of nitrogens with zero attached hydrogens (tertiary/aromatic N) is 3. The Balaban J connectivity index is 2.59. The summed E-state index contributed by atoms with van der Waals surface area (Å²) in [6.45, 7) is 15.8. The molecule has 1 rings (SSSR count). The highest BCUT2D eigenvalue weighted by atomic mass is 16.8. The lowest BCUT2D eigenvalue weighted by Crippen LogP contribution is -2.38. The maximum Gasteiger partial charge on any atom is 0.316 e. The first-order valence-electron chi connectivity index (χ1n) is 30.8. The number of carbonyl (C=O) groups is 3. The van der Waals surface area contributed by atoms with Crippen molar-refractivity contribution in [3.05, 3.63) is 4.91 Å². The van der Waals surface area contributed by atoms with E-state index in [0.29, 0.717) is 63.7 Å². The molecule has 0 radical (unpaired) electrons. The Hall–Kier alpha value is -2.35. The van der Waals surface area contributed by atoms with Gasteiger partial charge in [0.25, 0.3) is 0 Å². The fourth-order valence-corrected chi connectivity index (χ4v) is 10.3. The number of aliphatic hydroxyl groups excluding tert-OH is 2. The molecule has 0 aromatic heterocycles. The number of unbranched alkanes of at least 4 members (excludes halogenated alkanes) is 21. The van der Waals surface area contributed by atoms with Crippen LogP contribution >= 0.6 is 0 Å². The van der Waals surface area contributed by atoms with Crippen molar-refractivity contribution < 1.29 is 48.6 Å². The molecule has 2 N–H and O–H groups in total. The molecule has 1 aliphatic heterocycles. The SMILES string of the molecule is CCCCCCCCC(CCCCCCCC)OC(=O)CCCCCCCO[N+](=O)[C@@H]1C[C@H](OC(=O)CCN(CCO)CCO)CN1CCCCCCC(C)(C)C(=O)OCCCC(CCCCC)CCCCC. The van der Waals surface area contributed by atoms with Crippen molar-refractivity contribution >= 4 is 17.9 Å². The second-order valence-corrected chi connectivity index (χ2v) is 22.4. The van der Waals surface area contributed by atoms with Crippen LogP contribution in [-0.2, 0) is 33.4 Å². The predicted octanol–water partition coefficient (Wildman–Crippen LogP) is 14.1. The zero-order valence-corrected chi connectivity index (χ0v) is 48.3. The second-order valence-electron chi connectivity index (χ2n) is 22.4. The third-order valence-corrected chi connectivity index (χ3v) is 15.1. The van der Waals surface area contributed by atoms with Gasteiger partial charge in [0.15, 0.2) is 6.61 Å². The number of aliphatic hydroxyl groups is 2. The molecule has 1 saturated heterocycles. The molecular formula is C60H116N3O10+. The lowest BCUT2D eigenvalue weighted by Gasteiger charge is -2.23. The minimum atomic E-state index is -0.577. The van der Waals surface area contributed by atoms with Gasteiger partial charge in [-0.15, -0.1) is 0 Å². The number of likely N-dealkylation sites (tertiary alicyclic amines) is 1. The first-order valence-corrected chi connectivity index (χ1v) is 30.8. The first-order chi connectivity index (χ1) is 35.4. The van der Waals surface area contributed by atoms with E-state index in [-0.39, 0.29) is 43.6 Å². The molecule has 2 atom stereocenters. The summed E-state index contributed by atoms with van der Waals surface area (Å²) in [7, 11) is 0. The molecule has 13 nitrogen and oxygen atoms in total. The summed E-state index contributed by atoms with van der Waals surface area (Å²) < 4.78 is 17.7. The van der Waals surface area contributed by atoms with Crippen molar-refractivity contribution in [2.24, 2.45) is 11.3 Å². The number of esters is 3. The summed E-state index contributed by atoms with van der Waals surface area (Å²) >= 11 is 0. The number of ether oxygens (including phenoxy) is 3. The van der Waals surface area contributed by atoms with E-state index in [0.717, 1.165) is 109 Å². The van der Waals surface area contributed by atoms with Crippen molar-refractivity contribution in [1.29, 1.82) is 0 Å². The third kappa shape index (κ3) is 37.1. The molecule has 0 saturated carbocycles. The van der Waals surface area contributed by atoms with Gasteiger partial charge in [-0.05, 0) is 90.4 Å². The van der Waals surface area contributed by atoms with Gasteiger partial charge in [-0.25, -0.2) is 9.74 Å². The standard InChI is InChI=1S/C60H116N3O10/c1-7-11-15-17-20-28-38-54(39-29-21-18-16-12-8-2)72-57(66)40-30-22-19-25-33-50-71-63(69)56-51-55(73-58(67)41-44-61(45-47-64)46-48-65)52-62(56)43-32-24-23-31-42-60(5,6)59(68)70-49-34-37-53(35-26-13-9-3)36-27-14-10-4/h53-56,64-65H,7-52H2,1-6H3/q+1/t55-,56+/m0/s1. The molecule has 13 heteroatoms. The Morgan fingerprint density at radius 1 is 0.589 bits per heavy atom. The van der Waals surface area contributed by atoms with Gasteiger partial charge in [0.2, 0.25) is 4.92 Å². The van der Waals surface area contributed by atoms with Gasteiger partial charge in [0.05, 0.1) is 43.0 Å². The van der Waals surface area contributed by atoms with Crippen molar-refractivity contribution in [3.63, 3.8) is 0 Å². The minimum absolute atomic E-state index is 0.0418. The van der Waals surface area contributed by atoms with Crippen LogP contribution in [-0.4, -0.2) is 120 Å². The van der Waals surface area contributed by atoms with Crippen LogP contribution in [0.2, 0.25) is 0 Å². The molecule has 0 aromatic carbocycles. The van der Waals surface area contributed by atoms with Gasteiger partial charge < -0.3 is 24.4 Å². The molecule has 0 amide bonds. The van der Waals surface area contributed by atoms with Crippen LogP contribution in [0.15, 0.2) is 0 Å². The van der Waals surface area contributed by atoms with E-state index in [1.165, 1.54) is 116 Å². The molecule has 73 heavy (non-hydrogen) atoms. The van der Waals surface area contributed by atoms with Crippen molar-refractivity contribution in [1.82, 2.24) is 9.80 Å². The summed E-state index contributed by atoms with van der Waals surface area (Å²) in [6.07, 6.45) is 37.8. The van der Waals surface area contributed by atoms with Crippen molar-refractivity contribution in [2.75, 3.05) is 59.2 Å². The molecule has 1 aliphatic rings. The quantitative estimate of drug-likeness (QED) is 0.0258. The smallest absolute Gasteiger partial charge is 0.316 e. The molecule has 0 aromatic rings. The van der Waals surface area contributed by atoms with Gasteiger partial charge in [0.1, 0.15) is 12.2 Å². The average Bonchev–Trinajstić information content (AvgIpc) is 3.77. The van der Waals surface area contributed by atoms with E-state index in [1.54, 1.807) is 0 Å². The summed E-state index contributed by atoms with van der Waals surface area (Å²) in [5.74, 6) is 0.194. The fourth-order valence-electron chi connectivity index (χ4n) is 10.3. The lowest BCUT2D eigenvalue weighted by atomic mass is 9.87. The first kappa shape index (κ1) is 68.7. The summed E-state index contributed by atoms with van der Waals surface area (Å²) in [6, 6.07) is 0. The molecular weight excluding hydrogens is 923 g/mol. The number of hydrogen-bond acceptors (Lipinski definition) is 12. The molecule has 0 bridgehead atoms. The molecule has 0 unspecified atom stereocenters. The Morgan fingerprint density at radius 2 is 1.10 bits per heavy atom. The largest absolute Gasteiger partial charge is 0.465 e. The Morgan fingerprint density at radius 3 is 1.70 bits per heavy atom. The van der Waals surface area contributed by atoms with Crippen molar-refractivity contribution in [2.45, 2.75) is 297 Å². The van der Waals surface area contributed by atoms with E-state index in [2.05, 4.69) is 32.6 Å². The van der Waals surface area contributed by atoms with E-state index >= 15 is 0 Å². The van der Waals surface area contributed by atoms with E-state index in [1.807, 2.05) is 18.7 Å². The Kier molecular flexibility index (Phi) is 44.1. The molecule has 0 spiro atoms. The van der Waals surface area contributed by atoms with E-state index < -0.39 is 17.7 Å². The fraction of sp³-hybridized carbons (Fsp3) is 0.950. The van der Waals surface area contributed by atoms with E-state index in [9.17, 15) is 29.5 Å². The predicted molar refractivity (Wildman–Crippen MR) is 297 cm³/mol. The van der Waals surface area contributed by atoms with Crippen LogP contribution in [0.3, 0.4) is 0 Å². The van der Waals surface area contributed by atoms with Gasteiger partial charge in [-0.2, -0.15) is 0 Å². The van der Waals surface area contributed by atoms with Crippen LogP contribution in [0.1, 0.15) is 279 Å². The Labute approximate surface area is 447 Å². The highest BCUT2D eigenvalue weighted by Crippen LogP contribution is 2.28. The molecule has 1 fully saturated rings. The maximum atomic E-state index is 13.5. The van der Waals surface area contributed by atoms with E-state index in [4.69, 9.17) is 19.0 Å². The summed E-state index contributed by atoms with van der Waals surface area (Å²) in [5, 5.41) is 18.7. The molecule has 0 aliphatic carbocycles. The minimum Gasteiger partial charge on any atom is -0.465 e. The normalized spacial score (nSPS) is 15.2. The number of rotatable bonds is 53. The summed E-state index contributed by atoms with van der Waals surface area (Å²) in [4.78, 5) is 62.8. The van der Waals surface area contributed by atoms with Gasteiger partial charge in [0, 0.05) is 39.1 Å². The Bertz CT molecular complexity index is 1300. The topological polar surface area (TPSA) is 155 Å². The number of hydrogen-bond donors (Lipinski definition) is 2. The summed E-state index contributed by atoms with van der Waals surface area (Å²) in [5.41, 5.74) is -0.538. The molecule has 1 heterocycles. The highest BCUT2D eigenvalue weighted by molar-refractivity contribution is 5.75. The lowest BCUT2D eigenvalue weighted by molar-refractivity contribution is -0.837. The van der Waals surface area contributed by atoms with Crippen LogP contribution in [0.5, 0.6) is 0 Å². The second kappa shape index (κ2) is 46.9. The van der Waals surface area contributed by atoms with Gasteiger partial charge >= 0.3 is 24.1 Å². The van der Waals surface area contributed by atoms with Crippen molar-refractivity contribution in [3.8, 4) is 0 Å². The van der Waals surface area contributed by atoms with Gasteiger partial charge in [-0.1, -0.05) is 175 Å². The maximum absolute atomic E-state index is 13.5. The monoisotopic (exact) mass is 1040 g/mol. The highest BCUT2D eigenvalue weighted by Gasteiger charge is 2.45. The third-order valence-electron chi connectivity index (χ3n) is 15.1. The van der Waals surface area contributed by atoms with Crippen LogP contribution in [0, 0.1) is 16.2 Å². The zero-order chi connectivity index (χ0) is 53.6. The number of carbonyl (C=O) groups excluding carboxylic acids is 3. The average molecular weight is 1040 g/mol. The van der Waals surface area contributed by atoms with Crippen LogP contribution < -0.4 is 0 Å². The zero-order valence-electron chi connectivity index (χ0n) is 48.3. The molecule has 430 valence electrons. The van der Waals surface area contributed by atoms with Gasteiger partial charge in [-0.3, -0.25) is 19.3 Å². The van der Waals surface area contributed by atoms with Crippen LogP contribution in [0.25, 0.3) is 0 Å². The van der Waals surface area contributed by atoms with Crippen LogP contribution in [0.4, 0.5) is 0 Å².